The molecule has 0 atom stereocenters. The van der Waals surface area contributed by atoms with E-state index in [1.165, 1.54) is 24.5 Å². The predicted octanol–water partition coefficient (Wildman–Crippen LogP) is 3.76. The number of nitrogens with two attached hydrogens (primary N) is 1. The zero-order valence-corrected chi connectivity index (χ0v) is 14.6. The second-order valence-corrected chi connectivity index (χ2v) is 6.75. The average Bonchev–Trinajstić information content (AvgIpc) is 3.39. The number of ether oxygens (including phenoxy) is 1. The molecule has 3 aromatic rings. The number of carbonyl (C=O) groups excluding carboxylic acids is 1. The Morgan fingerprint density at radius 2 is 2.15 bits per heavy atom. The van der Waals surface area contributed by atoms with E-state index in [1.807, 2.05) is 0 Å². The van der Waals surface area contributed by atoms with Crippen LogP contribution in [0.25, 0.3) is 22.3 Å². The van der Waals surface area contributed by atoms with Gasteiger partial charge in [0, 0.05) is 16.8 Å². The Bertz CT molecular complexity index is 1030. The van der Waals surface area contributed by atoms with Crippen LogP contribution in [0.15, 0.2) is 24.5 Å². The number of benzene rings is 1. The summed E-state index contributed by atoms with van der Waals surface area (Å²) < 4.78 is 32.4. The van der Waals surface area contributed by atoms with E-state index in [2.05, 4.69) is 15.0 Å². The number of H-pyrrole nitrogens is 1. The van der Waals surface area contributed by atoms with E-state index >= 15 is 0 Å². The molecular weight excluding hydrogens is 354 g/mol. The van der Waals surface area contributed by atoms with Crippen LogP contribution in [-0.2, 0) is 0 Å². The molecule has 0 unspecified atom stereocenters. The number of carbonyl (C=O) groups is 1. The van der Waals surface area contributed by atoms with Crippen LogP contribution in [0.5, 0.6) is 5.75 Å². The normalized spacial score (nSPS) is 14.1. The largest absolute Gasteiger partial charge is 0.493 e. The Labute approximate surface area is 153 Å². The molecule has 0 aliphatic heterocycles. The van der Waals surface area contributed by atoms with Crippen molar-refractivity contribution >= 4 is 16.9 Å². The van der Waals surface area contributed by atoms with Crippen LogP contribution in [0.2, 0.25) is 0 Å². The average molecular weight is 372 g/mol. The maximum atomic E-state index is 13.3. The molecule has 0 bridgehead atoms. The van der Waals surface area contributed by atoms with Gasteiger partial charge in [-0.2, -0.15) is 0 Å². The van der Waals surface area contributed by atoms with Crippen molar-refractivity contribution in [2.45, 2.75) is 26.2 Å². The third kappa shape index (κ3) is 3.22. The van der Waals surface area contributed by atoms with Gasteiger partial charge < -0.3 is 15.5 Å². The summed E-state index contributed by atoms with van der Waals surface area (Å²) in [5, 5.41) is 0. The minimum absolute atomic E-state index is 0.131. The van der Waals surface area contributed by atoms with Crippen LogP contribution >= 0.6 is 0 Å². The molecule has 0 spiro atoms. The molecule has 1 aromatic carbocycles. The summed E-state index contributed by atoms with van der Waals surface area (Å²) >= 11 is 0. The number of hydrogen-bond acceptors (Lipinski definition) is 4. The van der Waals surface area contributed by atoms with E-state index in [0.29, 0.717) is 46.3 Å². The molecule has 6 nitrogen and oxygen atoms in total. The number of aryl methyl sites for hydroxylation is 1. The molecule has 27 heavy (non-hydrogen) atoms. The standard InChI is InChI=1S/C19H18F2N4O2/c1-9-14(19(22)26)16-17(25-9)15(23-8-24-16)12-6-11(18(20)21)4-5-13(12)27-7-10-2-3-10/h4-6,8,10,18,25H,2-3,7H2,1H3,(H2,22,26). The molecule has 2 aromatic heterocycles. The molecule has 1 aliphatic rings. The number of rotatable bonds is 6. The summed E-state index contributed by atoms with van der Waals surface area (Å²) in [4.78, 5) is 23.2. The number of amides is 1. The van der Waals surface area contributed by atoms with E-state index in [9.17, 15) is 13.6 Å². The van der Waals surface area contributed by atoms with Gasteiger partial charge in [0.15, 0.2) is 0 Å². The maximum absolute atomic E-state index is 13.3. The molecule has 8 heteroatoms. The van der Waals surface area contributed by atoms with Crippen molar-refractivity contribution in [2.24, 2.45) is 11.7 Å². The minimum atomic E-state index is -2.62. The van der Waals surface area contributed by atoms with Crippen LogP contribution in [-0.4, -0.2) is 27.5 Å². The molecule has 1 amide bonds. The monoisotopic (exact) mass is 372 g/mol. The number of primary amides is 1. The quantitative estimate of drug-likeness (QED) is 0.689. The van der Waals surface area contributed by atoms with Crippen molar-refractivity contribution in [3.05, 3.63) is 41.3 Å². The van der Waals surface area contributed by atoms with Gasteiger partial charge in [-0.25, -0.2) is 18.7 Å². The first-order chi connectivity index (χ1) is 13.0. The predicted molar refractivity (Wildman–Crippen MR) is 95.8 cm³/mol. The molecule has 140 valence electrons. The Balaban J connectivity index is 1.89. The first kappa shape index (κ1) is 17.4. The van der Waals surface area contributed by atoms with Crippen LogP contribution in [0.3, 0.4) is 0 Å². The Hall–Kier alpha value is -3.03. The summed E-state index contributed by atoms with van der Waals surface area (Å²) in [7, 11) is 0. The second kappa shape index (κ2) is 6.61. The smallest absolute Gasteiger partial charge is 0.263 e. The van der Waals surface area contributed by atoms with Gasteiger partial charge in [0.2, 0.25) is 0 Å². The van der Waals surface area contributed by atoms with Crippen molar-refractivity contribution < 1.29 is 18.3 Å². The molecule has 1 aliphatic carbocycles. The van der Waals surface area contributed by atoms with E-state index < -0.39 is 12.3 Å². The fraction of sp³-hybridized carbons (Fsp3) is 0.316. The lowest BCUT2D eigenvalue weighted by atomic mass is 10.0. The van der Waals surface area contributed by atoms with Crippen LogP contribution in [0.1, 0.15) is 40.9 Å². The van der Waals surface area contributed by atoms with Gasteiger partial charge in [-0.1, -0.05) is 0 Å². The number of aromatic amines is 1. The Morgan fingerprint density at radius 3 is 2.81 bits per heavy atom. The fourth-order valence-electron chi connectivity index (χ4n) is 3.11. The third-order valence-corrected chi connectivity index (χ3v) is 4.70. The van der Waals surface area contributed by atoms with Gasteiger partial charge >= 0.3 is 0 Å². The Kier molecular flexibility index (Phi) is 4.25. The number of hydrogen-bond donors (Lipinski definition) is 2. The van der Waals surface area contributed by atoms with Gasteiger partial charge in [0.25, 0.3) is 12.3 Å². The first-order valence-electron chi connectivity index (χ1n) is 8.64. The molecule has 0 saturated heterocycles. The highest BCUT2D eigenvalue weighted by Gasteiger charge is 2.24. The number of alkyl halides is 2. The number of halogens is 2. The van der Waals surface area contributed by atoms with Crippen molar-refractivity contribution in [1.82, 2.24) is 15.0 Å². The summed E-state index contributed by atoms with van der Waals surface area (Å²) in [5.74, 6) is 0.362. The van der Waals surface area contributed by atoms with Crippen LogP contribution < -0.4 is 10.5 Å². The van der Waals surface area contributed by atoms with E-state index in [-0.39, 0.29) is 11.1 Å². The van der Waals surface area contributed by atoms with Gasteiger partial charge in [0.05, 0.1) is 17.7 Å². The third-order valence-electron chi connectivity index (χ3n) is 4.70. The summed E-state index contributed by atoms with van der Waals surface area (Å²) in [6.07, 6.45) is 0.891. The second-order valence-electron chi connectivity index (χ2n) is 6.75. The van der Waals surface area contributed by atoms with Crippen LogP contribution in [0, 0.1) is 12.8 Å². The van der Waals surface area contributed by atoms with Gasteiger partial charge in [-0.3, -0.25) is 4.79 Å². The number of fused-ring (bicyclic) bond motifs is 1. The van der Waals surface area contributed by atoms with Gasteiger partial charge in [-0.15, -0.1) is 0 Å². The Morgan fingerprint density at radius 1 is 1.37 bits per heavy atom. The molecule has 1 saturated carbocycles. The summed E-state index contributed by atoms with van der Waals surface area (Å²) in [6, 6.07) is 4.26. The number of aromatic nitrogens is 3. The van der Waals surface area contributed by atoms with Crippen molar-refractivity contribution in [1.29, 1.82) is 0 Å². The lowest BCUT2D eigenvalue weighted by Gasteiger charge is -2.13. The molecule has 4 rings (SSSR count). The first-order valence-corrected chi connectivity index (χ1v) is 8.64. The van der Waals surface area contributed by atoms with Crippen molar-refractivity contribution in [2.75, 3.05) is 6.61 Å². The highest BCUT2D eigenvalue weighted by molar-refractivity contribution is 6.08. The van der Waals surface area contributed by atoms with E-state index in [0.717, 1.165) is 12.8 Å². The lowest BCUT2D eigenvalue weighted by molar-refractivity contribution is 0.100. The van der Waals surface area contributed by atoms with E-state index in [4.69, 9.17) is 10.5 Å². The molecule has 3 N–H and O–H groups in total. The molecule has 1 fully saturated rings. The van der Waals surface area contributed by atoms with Crippen molar-refractivity contribution in [3.63, 3.8) is 0 Å². The number of nitrogens with one attached hydrogen (secondary N) is 1. The van der Waals surface area contributed by atoms with Crippen LogP contribution in [0.4, 0.5) is 8.78 Å². The van der Waals surface area contributed by atoms with E-state index in [1.54, 1.807) is 6.92 Å². The van der Waals surface area contributed by atoms with Gasteiger partial charge in [0.1, 0.15) is 23.3 Å². The van der Waals surface area contributed by atoms with Crippen molar-refractivity contribution in [3.8, 4) is 17.0 Å². The maximum Gasteiger partial charge on any atom is 0.263 e. The molecule has 2 heterocycles. The SMILES string of the molecule is Cc1[nH]c2c(-c3cc(C(F)F)ccc3OCC3CC3)ncnc2c1C(N)=O. The molecule has 0 radical (unpaired) electrons. The highest BCUT2D eigenvalue weighted by Crippen LogP contribution is 2.38. The highest BCUT2D eigenvalue weighted by atomic mass is 19.3. The molecular formula is C19H18F2N4O2. The summed E-state index contributed by atoms with van der Waals surface area (Å²) in [6.45, 7) is 2.23. The zero-order chi connectivity index (χ0) is 19.1. The minimum Gasteiger partial charge on any atom is -0.493 e. The van der Waals surface area contributed by atoms with Gasteiger partial charge in [-0.05, 0) is 43.9 Å². The number of nitrogens with zero attached hydrogens (tertiary/aromatic N) is 2. The lowest BCUT2D eigenvalue weighted by Crippen LogP contribution is -2.12. The fourth-order valence-corrected chi connectivity index (χ4v) is 3.11. The topological polar surface area (TPSA) is 93.9 Å². The zero-order valence-electron chi connectivity index (χ0n) is 14.6. The summed E-state index contributed by atoms with van der Waals surface area (Å²) in [5.41, 5.74) is 7.78.